The molecule has 7 nitrogen and oxygen atoms in total. The third-order valence-electron chi connectivity index (χ3n) is 5.64. The van der Waals surface area contributed by atoms with Gasteiger partial charge in [-0.2, -0.15) is 8.42 Å². The average Bonchev–Trinajstić information content (AvgIpc) is 3.38. The molecule has 33 heavy (non-hydrogen) atoms. The van der Waals surface area contributed by atoms with E-state index in [0.29, 0.717) is 37.3 Å². The Kier molecular flexibility index (Phi) is 5.45. The van der Waals surface area contributed by atoms with E-state index >= 15 is 0 Å². The van der Waals surface area contributed by atoms with Crippen LogP contribution in [0.1, 0.15) is 18.4 Å². The fourth-order valence-corrected chi connectivity index (χ4v) is 6.00. The summed E-state index contributed by atoms with van der Waals surface area (Å²) in [6.45, 7) is 0.901. The number of amidine groups is 1. The van der Waals surface area contributed by atoms with E-state index in [9.17, 15) is 22.0 Å². The molecule has 0 spiro atoms. The zero-order chi connectivity index (χ0) is 23.2. The van der Waals surface area contributed by atoms with Gasteiger partial charge in [0, 0.05) is 29.6 Å². The zero-order valence-electron chi connectivity index (χ0n) is 17.2. The molecule has 0 bridgehead atoms. The van der Waals surface area contributed by atoms with Crippen molar-refractivity contribution >= 4 is 38.2 Å². The van der Waals surface area contributed by atoms with Crippen molar-refractivity contribution in [2.75, 3.05) is 18.4 Å². The standard InChI is InChI=1S/C22H18F2N4O3S2/c23-14-7-8-17(24)16(10-14)18-12-32-22(25-18)26-21(29)13-4-3-9-28(11-13)20-15-5-1-2-6-19(15)33(30,31)27-20/h1-2,5-8,10,12-13H,3-4,9,11H2,(H,25,26,29). The van der Waals surface area contributed by atoms with Crippen molar-refractivity contribution < 1.29 is 22.0 Å². The van der Waals surface area contributed by atoms with Crippen LogP contribution in [0.5, 0.6) is 0 Å². The van der Waals surface area contributed by atoms with Crippen LogP contribution in [0.3, 0.4) is 0 Å². The second-order valence-corrected chi connectivity index (χ2v) is 10.3. The van der Waals surface area contributed by atoms with Gasteiger partial charge in [0.25, 0.3) is 10.0 Å². The number of aromatic nitrogens is 1. The minimum absolute atomic E-state index is 0.0229. The minimum Gasteiger partial charge on any atom is -0.355 e. The van der Waals surface area contributed by atoms with Gasteiger partial charge in [-0.05, 0) is 43.2 Å². The molecule has 5 rings (SSSR count). The fraction of sp³-hybridized carbons (Fsp3) is 0.227. The molecule has 2 aromatic carbocycles. The molecule has 1 aromatic heterocycles. The molecule has 1 saturated heterocycles. The van der Waals surface area contributed by atoms with E-state index < -0.39 is 27.6 Å². The van der Waals surface area contributed by atoms with Crippen molar-refractivity contribution in [2.24, 2.45) is 10.3 Å². The van der Waals surface area contributed by atoms with Crippen LogP contribution in [-0.4, -0.2) is 43.1 Å². The van der Waals surface area contributed by atoms with Crippen LogP contribution in [0, 0.1) is 17.6 Å². The Hall–Kier alpha value is -3.18. The maximum absolute atomic E-state index is 14.0. The summed E-state index contributed by atoms with van der Waals surface area (Å²) >= 11 is 1.12. The van der Waals surface area contributed by atoms with E-state index in [2.05, 4.69) is 14.7 Å². The second-order valence-electron chi connectivity index (χ2n) is 7.82. The number of carbonyl (C=O) groups is 1. The number of likely N-dealkylation sites (tertiary alicyclic amines) is 1. The van der Waals surface area contributed by atoms with Gasteiger partial charge in [-0.3, -0.25) is 4.79 Å². The summed E-state index contributed by atoms with van der Waals surface area (Å²) in [7, 11) is -3.74. The fourth-order valence-electron chi connectivity index (χ4n) is 4.06. The van der Waals surface area contributed by atoms with E-state index in [4.69, 9.17) is 0 Å². The average molecular weight is 489 g/mol. The quantitative estimate of drug-likeness (QED) is 0.604. The molecule has 1 atom stereocenters. The van der Waals surface area contributed by atoms with E-state index in [-0.39, 0.29) is 27.2 Å². The lowest BCUT2D eigenvalue weighted by atomic mass is 9.96. The Bertz CT molecular complexity index is 1390. The Labute approximate surface area is 192 Å². The monoisotopic (exact) mass is 488 g/mol. The van der Waals surface area contributed by atoms with Crippen molar-refractivity contribution in [2.45, 2.75) is 17.7 Å². The van der Waals surface area contributed by atoms with Crippen molar-refractivity contribution in [1.29, 1.82) is 0 Å². The molecule has 1 fully saturated rings. The highest BCUT2D eigenvalue weighted by Gasteiger charge is 2.35. The maximum Gasteiger partial charge on any atom is 0.285 e. The second kappa shape index (κ2) is 8.31. The molecule has 170 valence electrons. The number of nitrogens with one attached hydrogen (secondary N) is 1. The van der Waals surface area contributed by atoms with Crippen LogP contribution < -0.4 is 5.32 Å². The number of sulfonamides is 1. The Morgan fingerprint density at radius 3 is 2.82 bits per heavy atom. The molecule has 2 aliphatic rings. The molecule has 1 unspecified atom stereocenters. The maximum atomic E-state index is 14.0. The zero-order valence-corrected chi connectivity index (χ0v) is 18.8. The molecule has 3 heterocycles. The number of hydrogen-bond acceptors (Lipinski definition) is 6. The predicted octanol–water partition coefficient (Wildman–Crippen LogP) is 3.89. The largest absolute Gasteiger partial charge is 0.355 e. The number of halogens is 2. The van der Waals surface area contributed by atoms with Crippen LogP contribution in [0.2, 0.25) is 0 Å². The van der Waals surface area contributed by atoms with Gasteiger partial charge in [0.15, 0.2) is 11.0 Å². The lowest BCUT2D eigenvalue weighted by molar-refractivity contribution is -0.121. The van der Waals surface area contributed by atoms with E-state index in [0.717, 1.165) is 29.5 Å². The van der Waals surface area contributed by atoms with Gasteiger partial charge in [-0.25, -0.2) is 13.8 Å². The first-order chi connectivity index (χ1) is 15.8. The summed E-state index contributed by atoms with van der Waals surface area (Å²) < 4.78 is 56.2. The van der Waals surface area contributed by atoms with Gasteiger partial charge < -0.3 is 10.2 Å². The Morgan fingerprint density at radius 2 is 1.97 bits per heavy atom. The highest BCUT2D eigenvalue weighted by atomic mass is 32.2. The number of carbonyl (C=O) groups excluding carboxylic acids is 1. The number of nitrogens with zero attached hydrogens (tertiary/aromatic N) is 3. The highest BCUT2D eigenvalue weighted by Crippen LogP contribution is 2.31. The van der Waals surface area contributed by atoms with Gasteiger partial charge in [-0.15, -0.1) is 15.7 Å². The van der Waals surface area contributed by atoms with Gasteiger partial charge in [0.05, 0.1) is 11.6 Å². The molecule has 1 amide bonds. The number of benzene rings is 2. The molecule has 0 radical (unpaired) electrons. The van der Waals surface area contributed by atoms with E-state index in [1.165, 1.54) is 6.07 Å². The lowest BCUT2D eigenvalue weighted by Gasteiger charge is -2.33. The molecule has 0 aliphatic carbocycles. The van der Waals surface area contributed by atoms with Crippen LogP contribution in [0.25, 0.3) is 11.3 Å². The first-order valence-corrected chi connectivity index (χ1v) is 12.5. The lowest BCUT2D eigenvalue weighted by Crippen LogP contribution is -2.43. The molecule has 3 aromatic rings. The van der Waals surface area contributed by atoms with Gasteiger partial charge >= 0.3 is 0 Å². The van der Waals surface area contributed by atoms with Gasteiger partial charge in [0.2, 0.25) is 5.91 Å². The van der Waals surface area contributed by atoms with Gasteiger partial charge in [-0.1, -0.05) is 12.1 Å². The number of thiazole rings is 1. The minimum atomic E-state index is -3.74. The number of hydrogen-bond donors (Lipinski definition) is 1. The van der Waals surface area contributed by atoms with Crippen LogP contribution >= 0.6 is 11.3 Å². The third kappa shape index (κ3) is 4.13. The molecule has 2 aliphatic heterocycles. The van der Waals surface area contributed by atoms with Crippen molar-refractivity contribution in [3.63, 3.8) is 0 Å². The summed E-state index contributed by atoms with van der Waals surface area (Å²) in [6, 6.07) is 9.76. The Morgan fingerprint density at radius 1 is 1.15 bits per heavy atom. The molecule has 11 heteroatoms. The van der Waals surface area contributed by atoms with E-state index in [1.54, 1.807) is 23.6 Å². The summed E-state index contributed by atoms with van der Waals surface area (Å²) in [6.07, 6.45) is 1.32. The van der Waals surface area contributed by atoms with E-state index in [1.807, 2.05) is 4.90 Å². The summed E-state index contributed by atoms with van der Waals surface area (Å²) in [5.41, 5.74) is 0.801. The normalized spacial score (nSPS) is 19.2. The number of amides is 1. The van der Waals surface area contributed by atoms with Crippen molar-refractivity contribution in [1.82, 2.24) is 9.88 Å². The van der Waals surface area contributed by atoms with Gasteiger partial charge in [0.1, 0.15) is 16.5 Å². The first kappa shape index (κ1) is 21.7. The Balaban J connectivity index is 1.31. The molecular formula is C22H18F2N4O3S2. The number of fused-ring (bicyclic) bond motifs is 1. The van der Waals surface area contributed by atoms with Crippen LogP contribution in [-0.2, 0) is 14.8 Å². The summed E-state index contributed by atoms with van der Waals surface area (Å²) in [5, 5.41) is 4.58. The number of anilines is 1. The summed E-state index contributed by atoms with van der Waals surface area (Å²) in [5.74, 6) is -1.49. The smallest absolute Gasteiger partial charge is 0.285 e. The topological polar surface area (TPSA) is 91.7 Å². The molecule has 0 saturated carbocycles. The van der Waals surface area contributed by atoms with Crippen molar-refractivity contribution in [3.05, 3.63) is 65.0 Å². The van der Waals surface area contributed by atoms with Crippen molar-refractivity contribution in [3.8, 4) is 11.3 Å². The molecule has 1 N–H and O–H groups in total. The van der Waals surface area contributed by atoms with Crippen LogP contribution in [0.4, 0.5) is 13.9 Å². The number of piperidine rings is 1. The SMILES string of the molecule is O=C(Nc1nc(-c2cc(F)ccc2F)cs1)C1CCCN(C2=NS(=O)(=O)c3ccccc32)C1. The number of rotatable bonds is 3. The first-order valence-electron chi connectivity index (χ1n) is 10.2. The highest BCUT2D eigenvalue weighted by molar-refractivity contribution is 7.90. The predicted molar refractivity (Wildman–Crippen MR) is 121 cm³/mol. The van der Waals surface area contributed by atoms with Crippen LogP contribution in [0.15, 0.2) is 57.1 Å². The summed E-state index contributed by atoms with van der Waals surface area (Å²) in [4.78, 5) is 19.1. The third-order valence-corrected chi connectivity index (χ3v) is 7.73. The molecular weight excluding hydrogens is 470 g/mol.